The number of rotatable bonds is 8. The Labute approximate surface area is 181 Å². The summed E-state index contributed by atoms with van der Waals surface area (Å²) >= 11 is 0. The first kappa shape index (κ1) is 21.4. The Morgan fingerprint density at radius 3 is 2.77 bits per heavy atom. The summed E-state index contributed by atoms with van der Waals surface area (Å²) < 4.78 is 17.9. The molecular formula is C23H30N4O4. The van der Waals surface area contributed by atoms with Gasteiger partial charge in [0.2, 0.25) is 0 Å². The van der Waals surface area contributed by atoms with Crippen LogP contribution >= 0.6 is 0 Å². The Bertz CT molecular complexity index is 1120. The first-order chi connectivity index (χ1) is 15.0. The standard InChI is InChI=1S/C23H30N4O4/c1-15-16(2)24-22-12-19(25-27(22)23(15)28)18-7-8-26(14-18)13-17-5-6-20(30-4)21(11-17)31-10-9-29-3/h5-6,11-12,18,25H,7-10,13-14H2,1-4H3/t18-/m1/s1. The summed E-state index contributed by atoms with van der Waals surface area (Å²) in [4.78, 5) is 19.5. The predicted octanol–water partition coefficient (Wildman–Crippen LogP) is 2.66. The average Bonchev–Trinajstić information content (AvgIpc) is 3.40. The lowest BCUT2D eigenvalue weighted by Crippen LogP contribution is -2.20. The second-order valence-corrected chi connectivity index (χ2v) is 8.08. The summed E-state index contributed by atoms with van der Waals surface area (Å²) in [5.74, 6) is 1.80. The summed E-state index contributed by atoms with van der Waals surface area (Å²) in [5.41, 5.74) is 4.37. The van der Waals surface area contributed by atoms with Gasteiger partial charge in [-0.05, 0) is 44.5 Å². The molecule has 1 saturated heterocycles. The third-order valence-electron chi connectivity index (χ3n) is 5.99. The third kappa shape index (κ3) is 4.45. The maximum Gasteiger partial charge on any atom is 0.275 e. The van der Waals surface area contributed by atoms with Crippen LogP contribution in [0.3, 0.4) is 0 Å². The topological polar surface area (TPSA) is 81.1 Å². The van der Waals surface area contributed by atoms with Crippen molar-refractivity contribution >= 4 is 5.65 Å². The molecule has 8 nitrogen and oxygen atoms in total. The maximum atomic E-state index is 12.5. The van der Waals surface area contributed by atoms with Crippen LogP contribution in [-0.4, -0.2) is 60.0 Å². The molecule has 0 aliphatic carbocycles. The molecule has 0 unspecified atom stereocenters. The zero-order valence-corrected chi connectivity index (χ0v) is 18.6. The lowest BCUT2D eigenvalue weighted by atomic mass is 10.1. The van der Waals surface area contributed by atoms with Gasteiger partial charge in [0.1, 0.15) is 6.61 Å². The number of benzene rings is 1. The molecule has 1 aromatic carbocycles. The van der Waals surface area contributed by atoms with Crippen LogP contribution < -0.4 is 15.0 Å². The second kappa shape index (κ2) is 9.11. The minimum Gasteiger partial charge on any atom is -0.493 e. The molecule has 0 radical (unpaired) electrons. The quantitative estimate of drug-likeness (QED) is 0.558. The van der Waals surface area contributed by atoms with Crippen LogP contribution in [-0.2, 0) is 11.3 Å². The van der Waals surface area contributed by atoms with Crippen molar-refractivity contribution in [3.05, 3.63) is 57.1 Å². The normalized spacial score (nSPS) is 16.8. The van der Waals surface area contributed by atoms with Gasteiger partial charge in [-0.15, -0.1) is 0 Å². The zero-order valence-electron chi connectivity index (χ0n) is 18.6. The molecule has 0 bridgehead atoms. The minimum atomic E-state index is -0.0251. The van der Waals surface area contributed by atoms with Crippen molar-refractivity contribution in [3.8, 4) is 11.5 Å². The highest BCUT2D eigenvalue weighted by atomic mass is 16.5. The first-order valence-corrected chi connectivity index (χ1v) is 10.6. The van der Waals surface area contributed by atoms with E-state index in [1.54, 1.807) is 18.7 Å². The van der Waals surface area contributed by atoms with E-state index in [-0.39, 0.29) is 5.56 Å². The van der Waals surface area contributed by atoms with Crippen molar-refractivity contribution in [3.63, 3.8) is 0 Å². The summed E-state index contributed by atoms with van der Waals surface area (Å²) in [5, 5.41) is 3.28. The Hall–Kier alpha value is -2.84. The summed E-state index contributed by atoms with van der Waals surface area (Å²) in [7, 11) is 3.30. The molecule has 1 fully saturated rings. The number of ether oxygens (including phenoxy) is 3. The maximum absolute atomic E-state index is 12.5. The summed E-state index contributed by atoms with van der Waals surface area (Å²) in [6, 6.07) is 8.08. The number of nitrogens with zero attached hydrogens (tertiary/aromatic N) is 3. The van der Waals surface area contributed by atoms with Gasteiger partial charge in [0.15, 0.2) is 17.1 Å². The fourth-order valence-electron chi connectivity index (χ4n) is 4.10. The average molecular weight is 427 g/mol. The smallest absolute Gasteiger partial charge is 0.275 e. The van der Waals surface area contributed by atoms with Gasteiger partial charge in [0.05, 0.1) is 13.7 Å². The molecule has 0 amide bonds. The molecular weight excluding hydrogens is 396 g/mol. The van der Waals surface area contributed by atoms with E-state index in [0.29, 0.717) is 30.3 Å². The molecule has 3 aromatic rings. The summed E-state index contributed by atoms with van der Waals surface area (Å²) in [6.45, 7) is 7.45. The van der Waals surface area contributed by atoms with E-state index in [1.807, 2.05) is 32.0 Å². The van der Waals surface area contributed by atoms with Crippen molar-refractivity contribution < 1.29 is 14.2 Å². The Balaban J connectivity index is 1.46. The number of aromatic nitrogens is 3. The molecule has 0 saturated carbocycles. The lowest BCUT2D eigenvalue weighted by molar-refractivity contribution is 0.144. The molecule has 1 atom stereocenters. The number of hydrogen-bond donors (Lipinski definition) is 1. The van der Waals surface area contributed by atoms with Crippen LogP contribution in [0.5, 0.6) is 11.5 Å². The molecule has 8 heteroatoms. The fraction of sp³-hybridized carbons (Fsp3) is 0.478. The van der Waals surface area contributed by atoms with E-state index >= 15 is 0 Å². The number of fused-ring (bicyclic) bond motifs is 1. The summed E-state index contributed by atoms with van der Waals surface area (Å²) in [6.07, 6.45) is 1.03. The van der Waals surface area contributed by atoms with E-state index in [4.69, 9.17) is 14.2 Å². The number of nitrogens with one attached hydrogen (secondary N) is 1. The van der Waals surface area contributed by atoms with Crippen molar-refractivity contribution in [1.82, 2.24) is 19.5 Å². The number of methoxy groups -OCH3 is 2. The van der Waals surface area contributed by atoms with Gasteiger partial charge in [-0.25, -0.2) is 9.50 Å². The van der Waals surface area contributed by atoms with Gasteiger partial charge in [-0.2, -0.15) is 0 Å². The first-order valence-electron chi connectivity index (χ1n) is 10.6. The second-order valence-electron chi connectivity index (χ2n) is 8.08. The third-order valence-corrected chi connectivity index (χ3v) is 5.99. The van der Waals surface area contributed by atoms with E-state index in [1.165, 1.54) is 5.56 Å². The largest absolute Gasteiger partial charge is 0.493 e. The van der Waals surface area contributed by atoms with Crippen LogP contribution in [0.4, 0.5) is 0 Å². The van der Waals surface area contributed by atoms with Crippen molar-refractivity contribution in [2.24, 2.45) is 0 Å². The van der Waals surface area contributed by atoms with Gasteiger partial charge >= 0.3 is 0 Å². The van der Waals surface area contributed by atoms with Crippen molar-refractivity contribution in [2.45, 2.75) is 32.7 Å². The number of aryl methyl sites for hydroxylation is 1. The molecule has 1 aliphatic heterocycles. The van der Waals surface area contributed by atoms with Crippen LogP contribution in [0.1, 0.15) is 34.9 Å². The highest BCUT2D eigenvalue weighted by Crippen LogP contribution is 2.31. The van der Waals surface area contributed by atoms with Crippen LogP contribution in [0.2, 0.25) is 0 Å². The Kier molecular flexibility index (Phi) is 6.29. The van der Waals surface area contributed by atoms with Crippen LogP contribution in [0.25, 0.3) is 5.65 Å². The predicted molar refractivity (Wildman–Crippen MR) is 118 cm³/mol. The Morgan fingerprint density at radius 2 is 2.00 bits per heavy atom. The van der Waals surface area contributed by atoms with Gasteiger partial charge in [0.25, 0.3) is 5.56 Å². The number of H-pyrrole nitrogens is 1. The molecule has 4 rings (SSSR count). The van der Waals surface area contributed by atoms with E-state index in [9.17, 15) is 4.79 Å². The van der Waals surface area contributed by atoms with Gasteiger partial charge in [-0.3, -0.25) is 14.8 Å². The van der Waals surface area contributed by atoms with Crippen LogP contribution in [0.15, 0.2) is 29.1 Å². The Morgan fingerprint density at radius 1 is 1.16 bits per heavy atom. The monoisotopic (exact) mass is 426 g/mol. The number of aromatic amines is 1. The lowest BCUT2D eigenvalue weighted by Gasteiger charge is -2.17. The van der Waals surface area contributed by atoms with Gasteiger partial charge in [-0.1, -0.05) is 6.07 Å². The minimum absolute atomic E-state index is 0.0251. The zero-order chi connectivity index (χ0) is 22.0. The van der Waals surface area contributed by atoms with Crippen LogP contribution in [0, 0.1) is 13.8 Å². The van der Waals surface area contributed by atoms with Gasteiger partial charge < -0.3 is 14.2 Å². The molecule has 0 spiro atoms. The molecule has 166 valence electrons. The number of hydrogen-bond acceptors (Lipinski definition) is 6. The highest BCUT2D eigenvalue weighted by molar-refractivity contribution is 5.44. The van der Waals surface area contributed by atoms with Crippen molar-refractivity contribution in [1.29, 1.82) is 0 Å². The molecule has 1 aliphatic rings. The van der Waals surface area contributed by atoms with E-state index < -0.39 is 0 Å². The highest BCUT2D eigenvalue weighted by Gasteiger charge is 2.26. The van der Waals surface area contributed by atoms with Gasteiger partial charge in [0, 0.05) is 49.1 Å². The molecule has 2 aromatic heterocycles. The molecule has 1 N–H and O–H groups in total. The number of likely N-dealkylation sites (tertiary alicyclic amines) is 1. The fourth-order valence-corrected chi connectivity index (χ4v) is 4.10. The van der Waals surface area contributed by atoms with E-state index in [2.05, 4.69) is 21.0 Å². The SMILES string of the molecule is COCCOc1cc(CN2CC[C@@H](c3cc4nc(C)c(C)c(=O)n4[nH]3)C2)ccc1OC. The van der Waals surface area contributed by atoms with E-state index in [0.717, 1.165) is 48.9 Å². The molecule has 3 heterocycles. The molecule has 31 heavy (non-hydrogen) atoms. The van der Waals surface area contributed by atoms with Crippen molar-refractivity contribution in [2.75, 3.05) is 40.5 Å².